The van der Waals surface area contributed by atoms with Crippen molar-refractivity contribution in [3.63, 3.8) is 0 Å². The Bertz CT molecular complexity index is 465. The summed E-state index contributed by atoms with van der Waals surface area (Å²) in [5, 5.41) is 5.69. The predicted octanol–water partition coefficient (Wildman–Crippen LogP) is 3.78. The van der Waals surface area contributed by atoms with Crippen molar-refractivity contribution in [3.8, 4) is 0 Å². The summed E-state index contributed by atoms with van der Waals surface area (Å²) in [6, 6.07) is 4.55. The van der Waals surface area contributed by atoms with Crippen molar-refractivity contribution in [3.05, 3.63) is 22.4 Å². The Morgan fingerprint density at radius 2 is 2.06 bits per heavy atom. The van der Waals surface area contributed by atoms with E-state index >= 15 is 0 Å². The van der Waals surface area contributed by atoms with E-state index in [1.165, 1.54) is 14.3 Å². The van der Waals surface area contributed by atoms with E-state index in [0.717, 1.165) is 19.6 Å². The number of hydrogen-bond acceptors (Lipinski definition) is 4. The highest BCUT2D eigenvalue weighted by atomic mass is 32.1. The second-order valence-electron chi connectivity index (χ2n) is 5.78. The molecule has 2 rings (SSSR count). The maximum atomic E-state index is 3.52. The fourth-order valence-corrected chi connectivity index (χ4v) is 4.08. The van der Waals surface area contributed by atoms with E-state index in [0.29, 0.717) is 0 Å². The molecule has 2 aromatic rings. The summed E-state index contributed by atoms with van der Waals surface area (Å²) in [5.74, 6) is 0. The minimum atomic E-state index is 0.215. The molecule has 0 saturated heterocycles. The van der Waals surface area contributed by atoms with Crippen LogP contribution >= 0.6 is 22.7 Å². The number of nitrogens with one attached hydrogen (secondary N) is 1. The van der Waals surface area contributed by atoms with E-state index in [1.54, 1.807) is 0 Å². The molecule has 1 N–H and O–H groups in total. The summed E-state index contributed by atoms with van der Waals surface area (Å²) in [6.07, 6.45) is 0. The molecule has 0 fully saturated rings. The lowest BCUT2D eigenvalue weighted by atomic mass is 10.1. The molecule has 4 heteroatoms. The summed E-state index contributed by atoms with van der Waals surface area (Å²) in [6.45, 7) is 9.81. The molecule has 0 radical (unpaired) electrons. The molecule has 0 aliphatic heterocycles. The van der Waals surface area contributed by atoms with E-state index in [-0.39, 0.29) is 5.54 Å². The van der Waals surface area contributed by atoms with Gasteiger partial charge >= 0.3 is 0 Å². The molecule has 2 heterocycles. The highest BCUT2D eigenvalue weighted by Crippen LogP contribution is 2.30. The van der Waals surface area contributed by atoms with Gasteiger partial charge in [-0.3, -0.25) is 0 Å². The average Bonchev–Trinajstić information content (AvgIpc) is 2.75. The largest absolute Gasteiger partial charge is 0.311 e. The zero-order chi connectivity index (χ0) is 13.2. The van der Waals surface area contributed by atoms with E-state index in [2.05, 4.69) is 55.5 Å². The van der Waals surface area contributed by atoms with Gasteiger partial charge in [0.05, 0.1) is 0 Å². The minimum Gasteiger partial charge on any atom is -0.311 e. The summed E-state index contributed by atoms with van der Waals surface area (Å²) in [4.78, 5) is 3.85. The standard InChI is InChI=1S/C14H22N2S2/c1-14(2,3)15-6-7-16(4)10-11-9-13-12(18-11)5-8-17-13/h5,8-9,15H,6-7,10H2,1-4H3. The number of rotatable bonds is 5. The van der Waals surface area contributed by atoms with Gasteiger partial charge in [0.2, 0.25) is 0 Å². The lowest BCUT2D eigenvalue weighted by Gasteiger charge is -2.23. The zero-order valence-electron chi connectivity index (χ0n) is 11.6. The normalized spacial score (nSPS) is 12.7. The molecule has 2 aromatic heterocycles. The number of hydrogen-bond donors (Lipinski definition) is 1. The van der Waals surface area contributed by atoms with Gasteiger partial charge in [0.1, 0.15) is 0 Å². The predicted molar refractivity (Wildman–Crippen MR) is 83.8 cm³/mol. The first-order chi connectivity index (χ1) is 8.44. The van der Waals surface area contributed by atoms with Crippen LogP contribution in [0.4, 0.5) is 0 Å². The Labute approximate surface area is 118 Å². The smallest absolute Gasteiger partial charge is 0.0453 e. The maximum Gasteiger partial charge on any atom is 0.0453 e. The molecule has 0 spiro atoms. The van der Waals surface area contributed by atoms with Gasteiger partial charge in [-0.25, -0.2) is 0 Å². The van der Waals surface area contributed by atoms with E-state index in [4.69, 9.17) is 0 Å². The van der Waals surface area contributed by atoms with Crippen LogP contribution in [0.5, 0.6) is 0 Å². The fourth-order valence-electron chi connectivity index (χ4n) is 1.86. The Kier molecular flexibility index (Phi) is 4.43. The first-order valence-corrected chi connectivity index (χ1v) is 8.03. The first-order valence-electron chi connectivity index (χ1n) is 6.33. The Hall–Kier alpha value is -0.420. The number of thiophene rings is 2. The quantitative estimate of drug-likeness (QED) is 0.898. The van der Waals surface area contributed by atoms with Crippen LogP contribution < -0.4 is 5.32 Å². The van der Waals surface area contributed by atoms with E-state index in [1.807, 2.05) is 22.7 Å². The molecule has 100 valence electrons. The molecular formula is C14H22N2S2. The van der Waals surface area contributed by atoms with E-state index < -0.39 is 0 Å². The lowest BCUT2D eigenvalue weighted by molar-refractivity contribution is 0.305. The number of fused-ring (bicyclic) bond motifs is 1. The molecule has 0 amide bonds. The van der Waals surface area contributed by atoms with E-state index in [9.17, 15) is 0 Å². The molecule has 0 aliphatic rings. The van der Waals surface area contributed by atoms with Crippen molar-refractivity contribution in [2.45, 2.75) is 32.9 Å². The topological polar surface area (TPSA) is 15.3 Å². The molecule has 0 bridgehead atoms. The van der Waals surface area contributed by atoms with Gasteiger partial charge in [0.15, 0.2) is 0 Å². The second kappa shape index (κ2) is 5.70. The number of likely N-dealkylation sites (N-methyl/N-ethyl adjacent to an activating group) is 1. The van der Waals surface area contributed by atoms with Gasteiger partial charge < -0.3 is 10.2 Å². The van der Waals surface area contributed by atoms with Crippen LogP contribution in [0.15, 0.2) is 17.5 Å². The van der Waals surface area contributed by atoms with Crippen LogP contribution in [0.25, 0.3) is 9.40 Å². The van der Waals surface area contributed by atoms with Crippen LogP contribution in [0.2, 0.25) is 0 Å². The molecule has 0 unspecified atom stereocenters. The van der Waals surface area contributed by atoms with Gasteiger partial charge in [-0.15, -0.1) is 22.7 Å². The van der Waals surface area contributed by atoms with Crippen molar-refractivity contribution in [1.29, 1.82) is 0 Å². The van der Waals surface area contributed by atoms with Gasteiger partial charge in [0, 0.05) is 39.5 Å². The fraction of sp³-hybridized carbons (Fsp3) is 0.571. The van der Waals surface area contributed by atoms with Gasteiger partial charge in [-0.2, -0.15) is 0 Å². The Morgan fingerprint density at radius 3 is 2.72 bits per heavy atom. The first kappa shape index (κ1) is 14.0. The Balaban J connectivity index is 1.80. The highest BCUT2D eigenvalue weighted by Gasteiger charge is 2.09. The van der Waals surface area contributed by atoms with Crippen molar-refractivity contribution in [1.82, 2.24) is 10.2 Å². The van der Waals surface area contributed by atoms with Crippen LogP contribution in [-0.2, 0) is 6.54 Å². The molecular weight excluding hydrogens is 260 g/mol. The zero-order valence-corrected chi connectivity index (χ0v) is 13.3. The van der Waals surface area contributed by atoms with Crippen molar-refractivity contribution in [2.75, 3.05) is 20.1 Å². The molecule has 0 saturated carbocycles. The van der Waals surface area contributed by atoms with Gasteiger partial charge in [-0.05, 0) is 45.3 Å². The lowest BCUT2D eigenvalue weighted by Crippen LogP contribution is -2.40. The summed E-state index contributed by atoms with van der Waals surface area (Å²) in [7, 11) is 2.19. The van der Waals surface area contributed by atoms with Crippen LogP contribution in [-0.4, -0.2) is 30.6 Å². The molecule has 0 aliphatic carbocycles. The molecule has 0 atom stereocenters. The van der Waals surface area contributed by atoms with Crippen LogP contribution in [0.3, 0.4) is 0 Å². The molecule has 18 heavy (non-hydrogen) atoms. The second-order valence-corrected chi connectivity index (χ2v) is 7.89. The van der Waals surface area contributed by atoms with Crippen LogP contribution in [0, 0.1) is 0 Å². The summed E-state index contributed by atoms with van der Waals surface area (Å²) in [5.41, 5.74) is 0.215. The highest BCUT2D eigenvalue weighted by molar-refractivity contribution is 7.26. The van der Waals surface area contributed by atoms with Crippen molar-refractivity contribution < 1.29 is 0 Å². The SMILES string of the molecule is CN(CCNC(C)(C)C)Cc1cc2sccc2s1. The Morgan fingerprint density at radius 1 is 1.28 bits per heavy atom. The van der Waals surface area contributed by atoms with Gasteiger partial charge in [0.25, 0.3) is 0 Å². The number of nitrogens with zero attached hydrogens (tertiary/aromatic N) is 1. The maximum absolute atomic E-state index is 3.52. The third-order valence-corrected chi connectivity index (χ3v) is 4.84. The third-order valence-electron chi connectivity index (χ3n) is 2.77. The summed E-state index contributed by atoms with van der Waals surface area (Å²) >= 11 is 3.76. The van der Waals surface area contributed by atoms with Crippen molar-refractivity contribution in [2.24, 2.45) is 0 Å². The molecule has 2 nitrogen and oxygen atoms in total. The minimum absolute atomic E-state index is 0.215. The third kappa shape index (κ3) is 4.05. The van der Waals surface area contributed by atoms with Gasteiger partial charge in [-0.1, -0.05) is 0 Å². The monoisotopic (exact) mass is 282 g/mol. The molecule has 0 aromatic carbocycles. The average molecular weight is 282 g/mol. The summed E-state index contributed by atoms with van der Waals surface area (Å²) < 4.78 is 2.85. The van der Waals surface area contributed by atoms with Crippen molar-refractivity contribution >= 4 is 32.1 Å². The van der Waals surface area contributed by atoms with Crippen LogP contribution in [0.1, 0.15) is 25.6 Å².